The van der Waals surface area contributed by atoms with Gasteiger partial charge in [-0.15, -0.1) is 0 Å². The number of carbonyl (C=O) groups is 1. The summed E-state index contributed by atoms with van der Waals surface area (Å²) in [6.45, 7) is 2.10. The molecule has 3 aromatic rings. The number of rotatable bonds is 3. The van der Waals surface area contributed by atoms with Gasteiger partial charge >= 0.3 is 5.97 Å². The zero-order chi connectivity index (χ0) is 15.5. The van der Waals surface area contributed by atoms with E-state index in [-0.39, 0.29) is 0 Å². The van der Waals surface area contributed by atoms with Crippen LogP contribution in [0.4, 0.5) is 0 Å². The van der Waals surface area contributed by atoms with Crippen LogP contribution in [-0.4, -0.2) is 12.6 Å². The summed E-state index contributed by atoms with van der Waals surface area (Å²) < 4.78 is 4.96. The van der Waals surface area contributed by atoms with Crippen molar-refractivity contribution in [3.8, 4) is 0 Å². The largest absolute Gasteiger partial charge is 0.463 e. The predicted octanol–water partition coefficient (Wildman–Crippen LogP) is 5.14. The number of ether oxygens (including phenoxy) is 1. The second kappa shape index (κ2) is 6.20. The molecule has 0 spiro atoms. The van der Waals surface area contributed by atoms with Crippen LogP contribution in [0.1, 0.15) is 12.5 Å². The van der Waals surface area contributed by atoms with Gasteiger partial charge < -0.3 is 4.74 Å². The van der Waals surface area contributed by atoms with Crippen molar-refractivity contribution >= 4 is 44.1 Å². The van der Waals surface area contributed by atoms with Crippen LogP contribution >= 0.6 is 11.6 Å². The summed E-state index contributed by atoms with van der Waals surface area (Å²) >= 11 is 6.46. The number of esters is 1. The van der Waals surface area contributed by atoms with Crippen LogP contribution in [0.3, 0.4) is 0 Å². The highest BCUT2D eigenvalue weighted by Gasteiger charge is 2.11. The van der Waals surface area contributed by atoms with Crippen molar-refractivity contribution in [2.45, 2.75) is 6.92 Å². The van der Waals surface area contributed by atoms with Gasteiger partial charge in [-0.05, 0) is 34.5 Å². The normalized spacial score (nSPS) is 11.8. The van der Waals surface area contributed by atoms with Crippen molar-refractivity contribution in [3.05, 3.63) is 66.2 Å². The lowest BCUT2D eigenvalue weighted by Gasteiger charge is -2.11. The van der Waals surface area contributed by atoms with E-state index in [1.54, 1.807) is 6.92 Å². The van der Waals surface area contributed by atoms with Crippen molar-refractivity contribution in [1.29, 1.82) is 0 Å². The average molecular weight is 311 g/mol. The van der Waals surface area contributed by atoms with E-state index in [9.17, 15) is 4.79 Å². The molecule has 0 aliphatic carbocycles. The molecule has 0 radical (unpaired) electrons. The third kappa shape index (κ3) is 2.70. The predicted molar refractivity (Wildman–Crippen MR) is 91.9 cm³/mol. The van der Waals surface area contributed by atoms with E-state index in [0.717, 1.165) is 27.1 Å². The van der Waals surface area contributed by atoms with E-state index in [2.05, 4.69) is 6.07 Å². The number of fused-ring (bicyclic) bond motifs is 2. The molecule has 0 fully saturated rings. The smallest absolute Gasteiger partial charge is 0.332 e. The number of carbonyl (C=O) groups excluding carboxylic acids is 1. The van der Waals surface area contributed by atoms with Gasteiger partial charge in [-0.1, -0.05) is 60.1 Å². The molecule has 0 aliphatic rings. The highest BCUT2D eigenvalue weighted by atomic mass is 35.5. The summed E-state index contributed by atoms with van der Waals surface area (Å²) in [6.07, 6.45) is 1.35. The molecular weight excluding hydrogens is 296 g/mol. The van der Waals surface area contributed by atoms with Crippen molar-refractivity contribution in [2.24, 2.45) is 0 Å². The molecule has 22 heavy (non-hydrogen) atoms. The lowest BCUT2D eigenvalue weighted by Crippen LogP contribution is -2.00. The molecule has 0 unspecified atom stereocenters. The fraction of sp³-hybridized carbons (Fsp3) is 0.105. The number of halogens is 1. The highest BCUT2D eigenvalue weighted by Crippen LogP contribution is 2.35. The summed E-state index contributed by atoms with van der Waals surface area (Å²) in [6, 6.07) is 18.2. The van der Waals surface area contributed by atoms with Crippen molar-refractivity contribution < 1.29 is 9.53 Å². The third-order valence-corrected chi connectivity index (χ3v) is 3.84. The molecule has 0 bridgehead atoms. The van der Waals surface area contributed by atoms with Gasteiger partial charge in [0, 0.05) is 11.6 Å². The Bertz CT molecular complexity index is 827. The molecule has 110 valence electrons. The van der Waals surface area contributed by atoms with E-state index in [0.29, 0.717) is 11.6 Å². The summed E-state index contributed by atoms with van der Waals surface area (Å²) in [5, 5.41) is 4.61. The maximum atomic E-state index is 11.7. The Morgan fingerprint density at radius 2 is 1.59 bits per heavy atom. The van der Waals surface area contributed by atoms with Gasteiger partial charge in [-0.2, -0.15) is 0 Å². The summed E-state index contributed by atoms with van der Waals surface area (Å²) in [5.74, 6) is -0.426. The minimum absolute atomic E-state index is 0.329. The average Bonchev–Trinajstić information content (AvgIpc) is 2.52. The van der Waals surface area contributed by atoms with Gasteiger partial charge in [-0.3, -0.25) is 0 Å². The van der Waals surface area contributed by atoms with E-state index < -0.39 is 5.97 Å². The molecule has 0 aliphatic heterocycles. The zero-order valence-electron chi connectivity index (χ0n) is 12.2. The van der Waals surface area contributed by atoms with Crippen LogP contribution in [0.2, 0.25) is 0 Å². The Hall–Kier alpha value is -2.32. The highest BCUT2D eigenvalue weighted by molar-refractivity contribution is 6.52. The molecule has 0 N–H and O–H groups in total. The van der Waals surface area contributed by atoms with Gasteiger partial charge in [-0.25, -0.2) is 4.79 Å². The molecule has 0 amide bonds. The van der Waals surface area contributed by atoms with E-state index in [1.165, 1.54) is 6.08 Å². The third-order valence-electron chi connectivity index (χ3n) is 3.54. The molecule has 0 heterocycles. The summed E-state index contributed by atoms with van der Waals surface area (Å²) in [4.78, 5) is 11.7. The van der Waals surface area contributed by atoms with Crippen molar-refractivity contribution in [1.82, 2.24) is 0 Å². The topological polar surface area (TPSA) is 26.3 Å². The SMILES string of the molecule is CCOC(=O)/C=C(\Cl)c1c2ccccc2cc2ccccc12. The van der Waals surface area contributed by atoms with Crippen LogP contribution in [0.5, 0.6) is 0 Å². The molecular formula is C19H15ClO2. The fourth-order valence-corrected chi connectivity index (χ4v) is 2.92. The molecule has 3 aromatic carbocycles. The van der Waals surface area contributed by atoms with Crippen LogP contribution in [0.15, 0.2) is 60.7 Å². The van der Waals surface area contributed by atoms with Crippen LogP contribution in [0.25, 0.3) is 26.6 Å². The van der Waals surface area contributed by atoms with Crippen LogP contribution in [-0.2, 0) is 9.53 Å². The molecule has 3 heteroatoms. The minimum Gasteiger partial charge on any atom is -0.463 e. The maximum absolute atomic E-state index is 11.7. The molecule has 2 nitrogen and oxygen atoms in total. The lowest BCUT2D eigenvalue weighted by molar-refractivity contribution is -0.137. The second-order valence-electron chi connectivity index (χ2n) is 4.94. The summed E-state index contributed by atoms with van der Waals surface area (Å²) in [5.41, 5.74) is 0.864. The summed E-state index contributed by atoms with van der Waals surface area (Å²) in [7, 11) is 0. The molecule has 3 rings (SSSR count). The fourth-order valence-electron chi connectivity index (χ4n) is 2.63. The molecule has 0 atom stereocenters. The van der Waals surface area contributed by atoms with E-state index >= 15 is 0 Å². The first-order valence-electron chi connectivity index (χ1n) is 7.15. The van der Waals surface area contributed by atoms with E-state index in [4.69, 9.17) is 16.3 Å². The first kappa shape index (κ1) is 14.6. The Balaban J connectivity index is 2.31. The van der Waals surface area contributed by atoms with Crippen molar-refractivity contribution in [3.63, 3.8) is 0 Å². The maximum Gasteiger partial charge on any atom is 0.332 e. The van der Waals surface area contributed by atoms with Gasteiger partial charge in [0.05, 0.1) is 11.6 Å². The number of hydrogen-bond acceptors (Lipinski definition) is 2. The van der Waals surface area contributed by atoms with Gasteiger partial charge in [0.15, 0.2) is 0 Å². The lowest BCUT2D eigenvalue weighted by atomic mass is 9.96. The quantitative estimate of drug-likeness (QED) is 0.380. The molecule has 0 saturated carbocycles. The monoisotopic (exact) mass is 310 g/mol. The Morgan fingerprint density at radius 3 is 2.14 bits per heavy atom. The molecule has 0 aromatic heterocycles. The Labute approximate surface area is 134 Å². The zero-order valence-corrected chi connectivity index (χ0v) is 12.9. The Morgan fingerprint density at radius 1 is 1.05 bits per heavy atom. The Kier molecular flexibility index (Phi) is 4.12. The van der Waals surface area contributed by atoms with Gasteiger partial charge in [0.1, 0.15) is 0 Å². The number of hydrogen-bond donors (Lipinski definition) is 0. The minimum atomic E-state index is -0.426. The van der Waals surface area contributed by atoms with Gasteiger partial charge in [0.2, 0.25) is 0 Å². The van der Waals surface area contributed by atoms with Crippen molar-refractivity contribution in [2.75, 3.05) is 6.61 Å². The van der Waals surface area contributed by atoms with Crippen LogP contribution < -0.4 is 0 Å². The van der Waals surface area contributed by atoms with Gasteiger partial charge in [0.25, 0.3) is 0 Å². The first-order chi connectivity index (χ1) is 10.7. The second-order valence-corrected chi connectivity index (χ2v) is 5.35. The van der Waals surface area contributed by atoms with Crippen LogP contribution in [0, 0.1) is 0 Å². The molecule has 0 saturated heterocycles. The standard InChI is InChI=1S/C19H15ClO2/c1-2-22-18(21)12-17(20)19-15-9-5-3-7-13(15)11-14-8-4-6-10-16(14)19/h3-12H,2H2,1H3/b17-12-. The van der Waals surface area contributed by atoms with E-state index in [1.807, 2.05) is 48.5 Å². The first-order valence-corrected chi connectivity index (χ1v) is 7.53. The number of benzene rings is 3.